The quantitative estimate of drug-likeness (QED) is 0.161. The highest BCUT2D eigenvalue weighted by Gasteiger charge is 2.20. The molecule has 0 fully saturated rings. The standard InChI is InChI=1S/C30H27N3.C24H22N2O/c1-30(2,3)26-20-18-25(19-21-26)29-32-31-28(33(29)27-12-8-5-9-13-27)24-16-14-23(15-17-24)22-10-6-4-7-11-22;1-24(2,3)21-15-13-20(14-16-21)23-26-25-22(27-23)19-11-9-18(10-12-19)17-7-5-4-6-8-17/h4-21H,1-3H3;4-16H,1-3H3. The Kier molecular flexibility index (Phi) is 11.2. The zero-order valence-corrected chi connectivity index (χ0v) is 35.0. The fourth-order valence-corrected chi connectivity index (χ4v) is 7.05. The summed E-state index contributed by atoms with van der Waals surface area (Å²) in [5, 5.41) is 17.7. The Hall–Kier alpha value is -7.18. The lowest BCUT2D eigenvalue weighted by molar-refractivity contribution is 0.582. The first-order valence-electron chi connectivity index (χ1n) is 20.4. The Balaban J connectivity index is 0.000000170. The molecule has 0 atom stereocenters. The molecule has 2 heterocycles. The van der Waals surface area contributed by atoms with E-state index in [2.05, 4.69) is 188 Å². The molecule has 0 N–H and O–H groups in total. The molecule has 0 aliphatic carbocycles. The number of rotatable bonds is 7. The molecule has 6 heteroatoms. The lowest BCUT2D eigenvalue weighted by Gasteiger charge is -2.19. The average Bonchev–Trinajstić information content (AvgIpc) is 3.97. The SMILES string of the molecule is CC(C)(C)c1ccc(-c2nnc(-c3ccc(-c4ccccc4)cc3)n2-c2ccccc2)cc1.CC(C)(C)c1ccc(-c2nnc(-c3ccc(-c4ccccc4)cc3)o2)cc1. The maximum absolute atomic E-state index is 5.90. The van der Waals surface area contributed by atoms with E-state index in [9.17, 15) is 0 Å². The lowest BCUT2D eigenvalue weighted by atomic mass is 9.86. The fraction of sp³-hybridized carbons (Fsp3) is 0.148. The topological polar surface area (TPSA) is 69.6 Å². The molecular formula is C54H49N5O. The summed E-state index contributed by atoms with van der Waals surface area (Å²) in [5.74, 6) is 2.74. The van der Waals surface area contributed by atoms with E-state index >= 15 is 0 Å². The number of benzene rings is 7. The van der Waals surface area contributed by atoms with Crippen molar-refractivity contribution in [3.63, 3.8) is 0 Å². The van der Waals surface area contributed by atoms with Gasteiger partial charge >= 0.3 is 0 Å². The highest BCUT2D eigenvalue weighted by molar-refractivity contribution is 5.71. The van der Waals surface area contributed by atoms with Crippen molar-refractivity contribution < 1.29 is 4.42 Å². The van der Waals surface area contributed by atoms with Crippen LogP contribution in [0.3, 0.4) is 0 Å². The third-order valence-electron chi connectivity index (χ3n) is 10.6. The predicted octanol–water partition coefficient (Wildman–Crippen LogP) is 13.9. The molecular weight excluding hydrogens is 735 g/mol. The van der Waals surface area contributed by atoms with E-state index in [-0.39, 0.29) is 10.8 Å². The van der Waals surface area contributed by atoms with Crippen molar-refractivity contribution in [3.8, 4) is 73.6 Å². The summed E-state index contributed by atoms with van der Waals surface area (Å²) in [5.41, 5.74) is 12.5. The first kappa shape index (κ1) is 39.6. The summed E-state index contributed by atoms with van der Waals surface area (Å²) in [6.45, 7) is 13.3. The highest BCUT2D eigenvalue weighted by atomic mass is 16.4. The van der Waals surface area contributed by atoms with E-state index in [1.54, 1.807) is 0 Å². The predicted molar refractivity (Wildman–Crippen MR) is 246 cm³/mol. The molecule has 6 nitrogen and oxygen atoms in total. The molecule has 0 saturated heterocycles. The van der Waals surface area contributed by atoms with Crippen molar-refractivity contribution in [1.82, 2.24) is 25.0 Å². The Morgan fingerprint density at radius 1 is 0.317 bits per heavy atom. The molecule has 0 saturated carbocycles. The summed E-state index contributed by atoms with van der Waals surface area (Å²) in [4.78, 5) is 0. The summed E-state index contributed by atoms with van der Waals surface area (Å²) in [6, 6.07) is 64.7. The molecule has 9 aromatic rings. The first-order valence-corrected chi connectivity index (χ1v) is 20.4. The zero-order chi connectivity index (χ0) is 41.7. The molecule has 0 spiro atoms. The van der Waals surface area contributed by atoms with E-state index in [0.29, 0.717) is 11.8 Å². The zero-order valence-electron chi connectivity index (χ0n) is 35.0. The minimum Gasteiger partial charge on any atom is -0.416 e. The van der Waals surface area contributed by atoms with E-state index in [0.717, 1.165) is 45.2 Å². The maximum atomic E-state index is 5.90. The van der Waals surface area contributed by atoms with Crippen LogP contribution in [0.25, 0.3) is 73.6 Å². The van der Waals surface area contributed by atoms with Crippen molar-refractivity contribution in [2.45, 2.75) is 52.4 Å². The van der Waals surface area contributed by atoms with Gasteiger partial charge in [0.05, 0.1) is 0 Å². The van der Waals surface area contributed by atoms with E-state index in [1.807, 2.05) is 66.7 Å². The molecule has 60 heavy (non-hydrogen) atoms. The van der Waals surface area contributed by atoms with Crippen LogP contribution in [-0.2, 0) is 10.8 Å². The van der Waals surface area contributed by atoms with Gasteiger partial charge < -0.3 is 4.42 Å². The Morgan fingerprint density at radius 2 is 0.617 bits per heavy atom. The third-order valence-corrected chi connectivity index (χ3v) is 10.6. The Labute approximate surface area is 353 Å². The van der Waals surface area contributed by atoms with Crippen molar-refractivity contribution in [1.29, 1.82) is 0 Å². The molecule has 296 valence electrons. The third kappa shape index (κ3) is 8.93. The van der Waals surface area contributed by atoms with Crippen LogP contribution >= 0.6 is 0 Å². The molecule has 7 aromatic carbocycles. The molecule has 2 aromatic heterocycles. The van der Waals surface area contributed by atoms with Gasteiger partial charge in [-0.05, 0) is 80.6 Å². The van der Waals surface area contributed by atoms with Crippen LogP contribution in [0.5, 0.6) is 0 Å². The average molecular weight is 784 g/mol. The monoisotopic (exact) mass is 783 g/mol. The van der Waals surface area contributed by atoms with Gasteiger partial charge in [-0.25, -0.2) is 0 Å². The van der Waals surface area contributed by atoms with E-state index in [4.69, 9.17) is 4.42 Å². The van der Waals surface area contributed by atoms with Crippen LogP contribution in [0.2, 0.25) is 0 Å². The number of para-hydroxylation sites is 1. The van der Waals surface area contributed by atoms with Crippen molar-refractivity contribution >= 4 is 0 Å². The van der Waals surface area contributed by atoms with Gasteiger partial charge in [0.1, 0.15) is 0 Å². The largest absolute Gasteiger partial charge is 0.416 e. The summed E-state index contributed by atoms with van der Waals surface area (Å²) < 4.78 is 8.05. The molecule has 0 unspecified atom stereocenters. The van der Waals surface area contributed by atoms with Gasteiger partial charge in [-0.2, -0.15) is 0 Å². The number of hydrogen-bond donors (Lipinski definition) is 0. The fourth-order valence-electron chi connectivity index (χ4n) is 7.05. The lowest BCUT2D eigenvalue weighted by Crippen LogP contribution is -2.10. The normalized spacial score (nSPS) is 11.5. The smallest absolute Gasteiger partial charge is 0.248 e. The summed E-state index contributed by atoms with van der Waals surface area (Å²) in [6.07, 6.45) is 0. The second-order valence-electron chi connectivity index (χ2n) is 17.0. The summed E-state index contributed by atoms with van der Waals surface area (Å²) >= 11 is 0. The van der Waals surface area contributed by atoms with Gasteiger partial charge in [-0.1, -0.05) is 193 Å². The molecule has 0 radical (unpaired) electrons. The van der Waals surface area contributed by atoms with Crippen LogP contribution in [0.4, 0.5) is 0 Å². The Bertz CT molecular complexity index is 2760. The van der Waals surface area contributed by atoms with Gasteiger partial charge in [0.15, 0.2) is 11.6 Å². The van der Waals surface area contributed by atoms with Gasteiger partial charge in [-0.15, -0.1) is 20.4 Å². The molecule has 0 aliphatic heterocycles. The first-order chi connectivity index (χ1) is 29.0. The van der Waals surface area contributed by atoms with Crippen LogP contribution in [0.1, 0.15) is 52.7 Å². The van der Waals surface area contributed by atoms with Crippen LogP contribution < -0.4 is 0 Å². The van der Waals surface area contributed by atoms with Crippen molar-refractivity contribution in [2.24, 2.45) is 0 Å². The van der Waals surface area contributed by atoms with Crippen molar-refractivity contribution in [2.75, 3.05) is 0 Å². The summed E-state index contributed by atoms with van der Waals surface area (Å²) in [7, 11) is 0. The minimum atomic E-state index is 0.108. The van der Waals surface area contributed by atoms with Crippen molar-refractivity contribution in [3.05, 3.63) is 199 Å². The highest BCUT2D eigenvalue weighted by Crippen LogP contribution is 2.33. The van der Waals surface area contributed by atoms with Gasteiger partial charge in [0.2, 0.25) is 11.8 Å². The van der Waals surface area contributed by atoms with E-state index in [1.165, 1.54) is 27.8 Å². The Morgan fingerprint density at radius 3 is 1.00 bits per heavy atom. The van der Waals surface area contributed by atoms with Crippen LogP contribution in [-0.4, -0.2) is 25.0 Å². The molecule has 0 bridgehead atoms. The van der Waals surface area contributed by atoms with Gasteiger partial charge in [0, 0.05) is 27.9 Å². The second kappa shape index (κ2) is 17.0. The molecule has 0 amide bonds. The van der Waals surface area contributed by atoms with Gasteiger partial charge in [0.25, 0.3) is 0 Å². The van der Waals surface area contributed by atoms with Crippen LogP contribution in [0, 0.1) is 0 Å². The number of nitrogens with zero attached hydrogens (tertiary/aromatic N) is 5. The van der Waals surface area contributed by atoms with Crippen LogP contribution in [0.15, 0.2) is 192 Å². The van der Waals surface area contributed by atoms with Gasteiger partial charge in [-0.3, -0.25) is 4.57 Å². The minimum absolute atomic E-state index is 0.108. The maximum Gasteiger partial charge on any atom is 0.248 e. The number of aromatic nitrogens is 5. The van der Waals surface area contributed by atoms with E-state index < -0.39 is 0 Å². The molecule has 0 aliphatic rings. The second-order valence-corrected chi connectivity index (χ2v) is 17.0. The molecule has 9 rings (SSSR count). The number of hydrogen-bond acceptors (Lipinski definition) is 5.